The van der Waals surface area contributed by atoms with Gasteiger partial charge in [0.05, 0.1) is 40.9 Å². The molecule has 0 aliphatic rings. The van der Waals surface area contributed by atoms with Gasteiger partial charge in [0.2, 0.25) is 0 Å². The molecule has 0 unspecified atom stereocenters. The molecule has 0 fully saturated rings. The third-order valence-corrected chi connectivity index (χ3v) is 11.4. The van der Waals surface area contributed by atoms with Gasteiger partial charge in [0.1, 0.15) is 0 Å². The van der Waals surface area contributed by atoms with E-state index in [1.54, 1.807) is 60.7 Å². The largest absolute Gasteiger partial charge is 0.392 e. The van der Waals surface area contributed by atoms with Crippen LogP contribution < -0.4 is 27.4 Å². The number of benzene rings is 6. The molecule has 6 aromatic rings. The van der Waals surface area contributed by atoms with Crippen LogP contribution in [-0.2, 0) is 25.4 Å². The molecule has 0 aromatic heterocycles. The molecule has 0 radical (unpaired) electrons. The van der Waals surface area contributed by atoms with Gasteiger partial charge in [-0.3, -0.25) is 9.59 Å². The van der Waals surface area contributed by atoms with Crippen molar-refractivity contribution in [3.8, 4) is 12.1 Å². The van der Waals surface area contributed by atoms with Crippen LogP contribution in [0.2, 0.25) is 0 Å². The molecule has 0 spiro atoms. The maximum atomic E-state index is 12.8. The Kier molecular flexibility index (Phi) is 28.5. The van der Waals surface area contributed by atoms with Gasteiger partial charge in [0.15, 0.2) is 10.3 Å². The quantitative estimate of drug-likeness (QED) is 0.0314. The summed E-state index contributed by atoms with van der Waals surface area (Å²) in [5.41, 5.74) is 18.5. The number of carbonyl (C=O) groups excluding carboxylic acids is 2. The molecule has 0 saturated carbocycles. The van der Waals surface area contributed by atoms with E-state index in [-0.39, 0.29) is 45.9 Å². The minimum absolute atomic E-state index is 0. The third kappa shape index (κ3) is 22.6. The second-order valence-electron chi connectivity index (χ2n) is 13.1. The molecule has 6 aromatic carbocycles. The van der Waals surface area contributed by atoms with Crippen LogP contribution in [0.1, 0.15) is 54.1 Å². The second-order valence-corrected chi connectivity index (χ2v) is 19.0. The number of thiocarbonyl (C=S) groups is 1. The van der Waals surface area contributed by atoms with Crippen molar-refractivity contribution in [1.82, 2.24) is 10.6 Å². The van der Waals surface area contributed by atoms with Gasteiger partial charge < -0.3 is 32.5 Å². The summed E-state index contributed by atoms with van der Waals surface area (Å²) in [4.78, 5) is 29.3. The second kappa shape index (κ2) is 32.4. The first-order chi connectivity index (χ1) is 31.7. The van der Waals surface area contributed by atoms with Crippen molar-refractivity contribution in [2.75, 3.05) is 10.7 Å². The zero-order valence-corrected chi connectivity index (χ0v) is 46.2. The summed E-state index contributed by atoms with van der Waals surface area (Å²) >= 11 is 29.1. The number of halogens is 7. The van der Waals surface area contributed by atoms with Crippen LogP contribution >= 0.6 is 128 Å². The van der Waals surface area contributed by atoms with E-state index in [9.17, 15) is 14.7 Å². The smallest absolute Gasteiger partial charge is 0.251 e. The van der Waals surface area contributed by atoms with Crippen molar-refractivity contribution in [3.05, 3.63) is 196 Å². The first-order valence-electron chi connectivity index (χ1n) is 19.1. The average Bonchev–Trinajstić information content (AvgIpc) is 3.31. The lowest BCUT2D eigenvalue weighted by Gasteiger charge is -2.11. The summed E-state index contributed by atoms with van der Waals surface area (Å²) in [5, 5.41) is 36.4. The predicted octanol–water partition coefficient (Wildman–Crippen LogP) is 12.7. The standard InChI is InChI=1S/C23H18Br2N4OS.C16H13BrN2O2.C7H7BrN2S.CH2Cl2.BrH/c24-18-5-8-20(9-6-18)29-23(27)31-14-17-11-19(25)7-10-21(17)22(30)28-13-16-3-1-15(12-26)2-4-16;17-14-5-6-15(13(7-14)10-20)16(21)19-9-12-3-1-11(8-18)2-4-12;8-5-2-1-3-6(4-5)10-7(9)11;2-1-3;/h1-11H,13-14H2,(H2,27,29)(H,28,30);1-7,20H,9-10H2,(H,19,21);1-4H,(H3,9,10,11);1H2;1H. The summed E-state index contributed by atoms with van der Waals surface area (Å²) in [5.74, 6) is 0.0945. The van der Waals surface area contributed by atoms with Gasteiger partial charge >= 0.3 is 0 Å². The highest BCUT2D eigenvalue weighted by molar-refractivity contribution is 9.11. The molecule has 2 amide bonds. The Hall–Kier alpha value is -4.31. The van der Waals surface area contributed by atoms with E-state index in [0.717, 1.165) is 46.0 Å². The van der Waals surface area contributed by atoms with Crippen molar-refractivity contribution in [3.63, 3.8) is 0 Å². The number of nitrogens with two attached hydrogens (primary N) is 2. The van der Waals surface area contributed by atoms with Crippen LogP contribution in [0, 0.1) is 22.7 Å². The summed E-state index contributed by atoms with van der Waals surface area (Å²) in [7, 11) is 0. The molecule has 67 heavy (non-hydrogen) atoms. The summed E-state index contributed by atoms with van der Waals surface area (Å²) < 4.78 is 3.67. The van der Waals surface area contributed by atoms with E-state index in [2.05, 4.69) is 103 Å². The predicted molar refractivity (Wildman–Crippen MR) is 297 cm³/mol. The minimum atomic E-state index is -0.240. The zero-order valence-electron chi connectivity index (χ0n) is 35.0. The van der Waals surface area contributed by atoms with E-state index in [4.69, 9.17) is 45.2 Å². The Balaban J connectivity index is 0.000000368. The van der Waals surface area contributed by atoms with Crippen molar-refractivity contribution >= 4 is 161 Å². The van der Waals surface area contributed by atoms with E-state index < -0.39 is 0 Å². The van der Waals surface area contributed by atoms with Crippen LogP contribution in [0.3, 0.4) is 0 Å². The van der Waals surface area contributed by atoms with Crippen LogP contribution in [0.5, 0.6) is 0 Å². The van der Waals surface area contributed by atoms with Gasteiger partial charge in [-0.2, -0.15) is 10.5 Å². The van der Waals surface area contributed by atoms with Crippen molar-refractivity contribution in [2.45, 2.75) is 25.4 Å². The number of carbonyl (C=O) groups is 2. The van der Waals surface area contributed by atoms with E-state index >= 15 is 0 Å². The number of rotatable bonds is 11. The topological polar surface area (TPSA) is 202 Å². The third-order valence-electron chi connectivity index (χ3n) is 8.40. The highest BCUT2D eigenvalue weighted by Crippen LogP contribution is 2.24. The molecule has 20 heteroatoms. The molecule has 0 aliphatic carbocycles. The van der Waals surface area contributed by atoms with Crippen LogP contribution in [0.25, 0.3) is 0 Å². The van der Waals surface area contributed by atoms with Crippen LogP contribution in [-0.4, -0.2) is 32.5 Å². The van der Waals surface area contributed by atoms with E-state index in [0.29, 0.717) is 51.8 Å². The number of aliphatic hydroxyl groups excluding tert-OH is 1. The minimum Gasteiger partial charge on any atom is -0.392 e. The number of amidine groups is 1. The van der Waals surface area contributed by atoms with E-state index in [1.165, 1.54) is 11.8 Å². The average molecular weight is 1300 g/mol. The molecular weight excluding hydrogens is 1260 g/mol. The summed E-state index contributed by atoms with van der Waals surface area (Å²) in [6.07, 6.45) is 0. The Morgan fingerprint density at radius 1 is 0.672 bits per heavy atom. The van der Waals surface area contributed by atoms with Gasteiger partial charge in [0, 0.05) is 53.5 Å². The van der Waals surface area contributed by atoms with Gasteiger partial charge in [0.25, 0.3) is 11.8 Å². The molecule has 6 rings (SSSR count). The van der Waals surface area contributed by atoms with Gasteiger partial charge in [-0.1, -0.05) is 106 Å². The number of amides is 2. The normalized spacial score (nSPS) is 10.0. The van der Waals surface area contributed by atoms with Crippen molar-refractivity contribution < 1.29 is 14.7 Å². The number of hydrogen-bond acceptors (Lipinski definition) is 8. The molecule has 0 atom stereocenters. The van der Waals surface area contributed by atoms with Gasteiger partial charge in [-0.25, -0.2) is 4.99 Å². The molecule has 0 saturated heterocycles. The molecule has 0 aliphatic heterocycles. The van der Waals surface area contributed by atoms with Gasteiger partial charge in [-0.15, -0.1) is 40.2 Å². The van der Waals surface area contributed by atoms with Crippen molar-refractivity contribution in [1.29, 1.82) is 10.5 Å². The summed E-state index contributed by atoms with van der Waals surface area (Å²) in [6.45, 7) is 0.547. The fraction of sp³-hybridized carbons (Fsp3) is 0.106. The number of thioether (sulfide) groups is 1. The molecule has 348 valence electrons. The van der Waals surface area contributed by atoms with Crippen molar-refractivity contribution in [2.24, 2.45) is 16.5 Å². The molecule has 8 N–H and O–H groups in total. The Bertz CT molecular complexity index is 2670. The molecule has 0 heterocycles. The molecule has 0 bridgehead atoms. The highest BCUT2D eigenvalue weighted by atomic mass is 79.9. The highest BCUT2D eigenvalue weighted by Gasteiger charge is 2.14. The summed E-state index contributed by atoms with van der Waals surface area (Å²) in [6, 6.07) is 44.1. The monoisotopic (exact) mass is 1290 g/mol. The lowest BCUT2D eigenvalue weighted by atomic mass is 10.1. The fourth-order valence-electron chi connectivity index (χ4n) is 5.30. The number of anilines is 1. The number of alkyl halides is 2. The van der Waals surface area contributed by atoms with E-state index in [1.807, 2.05) is 78.9 Å². The number of hydrogen-bond donors (Lipinski definition) is 6. The fourth-order valence-corrected chi connectivity index (χ4v) is 7.61. The van der Waals surface area contributed by atoms with Crippen LogP contribution in [0.15, 0.2) is 156 Å². The lowest BCUT2D eigenvalue weighted by Crippen LogP contribution is -2.24. The zero-order chi connectivity index (χ0) is 48.4. The number of nitriles is 2. The lowest BCUT2D eigenvalue weighted by molar-refractivity contribution is 0.0941. The number of aliphatic imine (C=N–C) groups is 1. The first-order valence-corrected chi connectivity index (χ1v) is 24.7. The number of aliphatic hydroxyl groups is 1. The Morgan fingerprint density at radius 3 is 1.57 bits per heavy atom. The maximum absolute atomic E-state index is 12.8. The Labute approximate surface area is 453 Å². The number of nitrogens with one attached hydrogen (secondary N) is 3. The van der Waals surface area contributed by atoms with Crippen LogP contribution in [0.4, 0.5) is 11.4 Å². The SMILES string of the molecule is Br.ClCCl.N#Cc1ccc(CNC(=O)c2ccc(Br)cc2CO)cc1.N#Cc1ccc(CNC(=O)c2ccc(Br)cc2CSC(N)=Nc2ccc(Br)cc2)cc1.NC(=S)Nc1cccc(Br)c1. The Morgan fingerprint density at radius 2 is 1.12 bits per heavy atom. The molecular formula is C47H41Br5Cl2N8O3S2. The molecule has 11 nitrogen and oxygen atoms in total. The maximum Gasteiger partial charge on any atom is 0.251 e. The number of nitrogens with zero attached hydrogens (tertiary/aromatic N) is 3. The van der Waals surface area contributed by atoms with Gasteiger partial charge in [-0.05, 0) is 138 Å². The first kappa shape index (κ1) is 58.8.